The van der Waals surface area contributed by atoms with Gasteiger partial charge >= 0.3 is 0 Å². The molecule has 1 aromatic carbocycles. The van der Waals surface area contributed by atoms with Gasteiger partial charge in [-0.05, 0) is 67.5 Å². The molecular weight excluding hydrogens is 528 g/mol. The molecule has 6 rings (SSSR count). The lowest BCUT2D eigenvalue weighted by molar-refractivity contribution is -0.290. The summed E-state index contributed by atoms with van der Waals surface area (Å²) in [5.74, 6) is -2.83. The summed E-state index contributed by atoms with van der Waals surface area (Å²) in [4.78, 5) is 31.2. The Labute approximate surface area is 231 Å². The average Bonchev–Trinajstić information content (AvgIpc) is 3.36. The summed E-state index contributed by atoms with van der Waals surface area (Å²) >= 11 is 6.04. The Hall–Kier alpha value is -1.97. The highest BCUT2D eigenvalue weighted by Crippen LogP contribution is 2.73. The summed E-state index contributed by atoms with van der Waals surface area (Å²) in [6.45, 7) is 3.88. The molecule has 39 heavy (non-hydrogen) atoms. The minimum absolute atomic E-state index is 0.0259. The van der Waals surface area contributed by atoms with Gasteiger partial charge in [0.25, 0.3) is 0 Å². The van der Waals surface area contributed by atoms with Gasteiger partial charge in [-0.15, -0.1) is 0 Å². The first-order chi connectivity index (χ1) is 18.4. The van der Waals surface area contributed by atoms with E-state index in [0.29, 0.717) is 30.8 Å². The van der Waals surface area contributed by atoms with Gasteiger partial charge in [0.2, 0.25) is 0 Å². The van der Waals surface area contributed by atoms with E-state index >= 15 is 8.78 Å². The fraction of sp³-hybridized carbons (Fsp3) is 0.600. The minimum atomic E-state index is -2.21. The van der Waals surface area contributed by atoms with Gasteiger partial charge in [-0.3, -0.25) is 9.63 Å². The van der Waals surface area contributed by atoms with E-state index in [9.17, 15) is 19.8 Å². The molecule has 0 unspecified atom stereocenters. The summed E-state index contributed by atoms with van der Waals surface area (Å²) < 4.78 is 33.3. The Bertz CT molecular complexity index is 1260. The van der Waals surface area contributed by atoms with E-state index in [1.807, 2.05) is 19.1 Å². The second kappa shape index (κ2) is 9.02. The van der Waals surface area contributed by atoms with Crippen molar-refractivity contribution in [2.75, 3.05) is 13.2 Å². The molecule has 0 amide bonds. The Kier molecular flexibility index (Phi) is 6.29. The van der Waals surface area contributed by atoms with E-state index in [1.54, 1.807) is 24.1 Å². The van der Waals surface area contributed by atoms with Crippen LogP contribution in [0, 0.1) is 34.5 Å². The lowest BCUT2D eigenvalue weighted by atomic mass is 9.44. The van der Waals surface area contributed by atoms with Crippen molar-refractivity contribution in [2.45, 2.75) is 63.2 Å². The zero-order valence-corrected chi connectivity index (χ0v) is 22.8. The fourth-order valence-corrected chi connectivity index (χ4v) is 9.36. The number of carbonyl (C=O) groups excluding carboxylic acids is 2. The first-order valence-corrected chi connectivity index (χ1v) is 14.0. The largest absolute Gasteiger partial charge is 0.396 e. The number of alkyl halides is 2. The van der Waals surface area contributed by atoms with Gasteiger partial charge in [-0.25, -0.2) is 8.78 Å². The van der Waals surface area contributed by atoms with Crippen LogP contribution in [0.1, 0.15) is 38.7 Å². The first kappa shape index (κ1) is 27.2. The quantitative estimate of drug-likeness (QED) is 0.525. The normalized spacial score (nSPS) is 45.7. The highest BCUT2D eigenvalue weighted by molar-refractivity contribution is 6.30. The molecule has 5 aliphatic rings. The average molecular weight is 562 g/mol. The molecule has 0 aromatic heterocycles. The maximum Gasteiger partial charge on any atom is 0.178 e. The van der Waals surface area contributed by atoms with E-state index in [0.717, 1.165) is 5.56 Å². The van der Waals surface area contributed by atoms with Crippen molar-refractivity contribution in [3.63, 3.8) is 0 Å². The molecule has 9 heteroatoms. The van der Waals surface area contributed by atoms with Crippen LogP contribution in [0.2, 0.25) is 5.02 Å². The van der Waals surface area contributed by atoms with Gasteiger partial charge in [0.1, 0.15) is 18.1 Å². The number of nitrogens with zero attached hydrogens (tertiary/aromatic N) is 1. The summed E-state index contributed by atoms with van der Waals surface area (Å²) in [5.41, 5.74) is -4.77. The second-order valence-corrected chi connectivity index (χ2v) is 13.0. The third kappa shape index (κ3) is 3.45. The number of aldehydes is 1. The Morgan fingerprint density at radius 3 is 2.62 bits per heavy atom. The van der Waals surface area contributed by atoms with Gasteiger partial charge < -0.3 is 15.0 Å². The third-order valence-corrected chi connectivity index (χ3v) is 11.2. The summed E-state index contributed by atoms with van der Waals surface area (Å²) in [7, 11) is 0. The highest BCUT2D eigenvalue weighted by atomic mass is 35.5. The van der Waals surface area contributed by atoms with Gasteiger partial charge in [0, 0.05) is 40.8 Å². The maximum atomic E-state index is 17.5. The van der Waals surface area contributed by atoms with Crippen molar-refractivity contribution in [1.29, 1.82) is 0 Å². The zero-order chi connectivity index (χ0) is 28.0. The van der Waals surface area contributed by atoms with Crippen LogP contribution in [0.4, 0.5) is 8.78 Å². The molecule has 0 spiro atoms. The smallest absolute Gasteiger partial charge is 0.178 e. The standard InChI is InChI=1S/C30H34ClF2NO5/c1-27-8-7-21(37)10-24(27)25(32)11-23-22-9-18-14-34(13-17-3-5-20(31)6-4-17)39-30(18,19(15-35)16-36)28(22,2)12-26(38)29(23,27)33/h3-8,10,15,18-19,22-23,25-26,36,38H,9,11-14,16H2,1-2H3/t18-,19-,22-,23-,25-,26-,27-,28-,29-,30-/m0/s1. The minimum Gasteiger partial charge on any atom is -0.396 e. The molecule has 4 aliphatic carbocycles. The van der Waals surface area contributed by atoms with Crippen molar-refractivity contribution in [2.24, 2.45) is 34.5 Å². The molecule has 1 aromatic rings. The fourth-order valence-electron chi connectivity index (χ4n) is 9.23. The van der Waals surface area contributed by atoms with Crippen LogP contribution in [0.5, 0.6) is 0 Å². The number of carbonyl (C=O) groups is 2. The number of ketones is 1. The number of benzene rings is 1. The number of halogens is 3. The molecule has 2 N–H and O–H groups in total. The van der Waals surface area contributed by atoms with Gasteiger partial charge in [-0.1, -0.05) is 36.7 Å². The lowest BCUT2D eigenvalue weighted by Gasteiger charge is -2.63. The van der Waals surface area contributed by atoms with E-state index in [2.05, 4.69) is 0 Å². The zero-order valence-electron chi connectivity index (χ0n) is 22.0. The van der Waals surface area contributed by atoms with Gasteiger partial charge in [0.05, 0.1) is 18.6 Å². The molecule has 1 aliphatic heterocycles. The SMILES string of the molecule is C[C@]12C=CC(=O)C=C1[C@@H](F)C[C@H]1[C@@H]3C[C@H]4CN(Cc5ccc(Cl)cc5)O[C@@]4([C@@H](C=O)CO)[C@@]3(C)C[C@H](O)[C@@]12F. The van der Waals surface area contributed by atoms with Crippen LogP contribution in [-0.4, -0.2) is 64.0 Å². The molecule has 10 atom stereocenters. The van der Waals surface area contributed by atoms with Crippen LogP contribution < -0.4 is 0 Å². The molecule has 4 fully saturated rings. The van der Waals surface area contributed by atoms with Gasteiger partial charge in [0.15, 0.2) is 11.5 Å². The van der Waals surface area contributed by atoms with Crippen LogP contribution in [0.15, 0.2) is 48.1 Å². The summed E-state index contributed by atoms with van der Waals surface area (Å²) in [6.07, 6.45) is 1.80. The Balaban J connectivity index is 1.41. The van der Waals surface area contributed by atoms with Crippen LogP contribution in [0.3, 0.4) is 0 Å². The summed E-state index contributed by atoms with van der Waals surface area (Å²) in [5, 5.41) is 24.4. The molecule has 6 nitrogen and oxygen atoms in total. The van der Waals surface area contributed by atoms with E-state index in [4.69, 9.17) is 16.4 Å². The van der Waals surface area contributed by atoms with E-state index in [-0.39, 0.29) is 30.1 Å². The van der Waals surface area contributed by atoms with Gasteiger partial charge in [-0.2, -0.15) is 5.06 Å². The Morgan fingerprint density at radius 1 is 1.23 bits per heavy atom. The predicted octanol–water partition coefficient (Wildman–Crippen LogP) is 4.18. The lowest BCUT2D eigenvalue weighted by Crippen LogP contribution is -2.70. The van der Waals surface area contributed by atoms with Crippen molar-refractivity contribution in [3.8, 4) is 0 Å². The first-order valence-electron chi connectivity index (χ1n) is 13.7. The number of hydrogen-bond acceptors (Lipinski definition) is 6. The number of aliphatic hydroxyl groups is 2. The molecule has 210 valence electrons. The van der Waals surface area contributed by atoms with Crippen molar-refractivity contribution < 1.29 is 33.4 Å². The number of allylic oxidation sites excluding steroid dienone is 4. The molecular formula is C30H34ClF2NO5. The topological polar surface area (TPSA) is 87.1 Å². The maximum absolute atomic E-state index is 17.5. The van der Waals surface area contributed by atoms with Crippen molar-refractivity contribution in [1.82, 2.24) is 5.06 Å². The summed E-state index contributed by atoms with van der Waals surface area (Å²) in [6, 6.07) is 7.35. The number of hydroxylamine groups is 2. The molecule has 0 radical (unpaired) electrons. The van der Waals surface area contributed by atoms with Crippen LogP contribution in [0.25, 0.3) is 0 Å². The molecule has 0 bridgehead atoms. The van der Waals surface area contributed by atoms with E-state index < -0.39 is 58.7 Å². The van der Waals surface area contributed by atoms with Crippen LogP contribution >= 0.6 is 11.6 Å². The van der Waals surface area contributed by atoms with Crippen molar-refractivity contribution in [3.05, 3.63) is 58.7 Å². The number of hydrogen-bond donors (Lipinski definition) is 2. The number of aliphatic hydroxyl groups excluding tert-OH is 2. The monoisotopic (exact) mass is 561 g/mol. The number of fused-ring (bicyclic) bond motifs is 7. The van der Waals surface area contributed by atoms with E-state index in [1.165, 1.54) is 18.2 Å². The molecule has 1 heterocycles. The Morgan fingerprint density at radius 2 is 1.95 bits per heavy atom. The highest BCUT2D eigenvalue weighted by Gasteiger charge is 2.79. The molecule has 1 saturated heterocycles. The predicted molar refractivity (Wildman–Crippen MR) is 140 cm³/mol. The van der Waals surface area contributed by atoms with Crippen LogP contribution in [-0.2, 0) is 21.0 Å². The molecule has 3 saturated carbocycles. The third-order valence-electron chi connectivity index (χ3n) is 10.9. The number of rotatable bonds is 5. The second-order valence-electron chi connectivity index (χ2n) is 12.6. The van der Waals surface area contributed by atoms with Crippen molar-refractivity contribution >= 4 is 23.7 Å².